The molecule has 0 spiro atoms. The van der Waals surface area contributed by atoms with E-state index in [1.807, 2.05) is 25.2 Å². The Bertz CT molecular complexity index is 436. The van der Waals surface area contributed by atoms with Crippen LogP contribution in [0.3, 0.4) is 0 Å². The number of ether oxygens (including phenoxy) is 1. The molecule has 20 heavy (non-hydrogen) atoms. The van der Waals surface area contributed by atoms with Gasteiger partial charge in [0.2, 0.25) is 0 Å². The molecule has 112 valence electrons. The summed E-state index contributed by atoms with van der Waals surface area (Å²) >= 11 is 6.12. The third-order valence-corrected chi connectivity index (χ3v) is 3.19. The van der Waals surface area contributed by atoms with Crippen molar-refractivity contribution in [1.29, 1.82) is 0 Å². The van der Waals surface area contributed by atoms with Gasteiger partial charge in [0.1, 0.15) is 5.75 Å². The van der Waals surface area contributed by atoms with E-state index in [2.05, 4.69) is 24.5 Å². The molecule has 0 aliphatic heterocycles. The molecule has 0 saturated heterocycles. The fraction of sp³-hybridized carbons (Fsp3) is 0.533. The molecule has 0 saturated carbocycles. The smallest absolute Gasteiger partial charge is 0.257 e. The van der Waals surface area contributed by atoms with E-state index < -0.39 is 0 Å². The van der Waals surface area contributed by atoms with Gasteiger partial charge in [0.15, 0.2) is 6.61 Å². The summed E-state index contributed by atoms with van der Waals surface area (Å²) in [5.74, 6) is 1.11. The molecule has 1 rings (SSSR count). The van der Waals surface area contributed by atoms with Gasteiger partial charge in [-0.25, -0.2) is 0 Å². The Balaban J connectivity index is 2.48. The molecule has 1 amide bonds. The van der Waals surface area contributed by atoms with E-state index in [1.165, 1.54) is 0 Å². The Labute approximate surface area is 125 Å². The van der Waals surface area contributed by atoms with Gasteiger partial charge in [-0.3, -0.25) is 4.79 Å². The SMILES string of the molecule is CNCc1c(Cl)cccc1OCC(=O)NCCC(C)C. The van der Waals surface area contributed by atoms with Crippen LogP contribution in [0.4, 0.5) is 0 Å². The second kappa shape index (κ2) is 8.82. The summed E-state index contributed by atoms with van der Waals surface area (Å²) in [5.41, 5.74) is 0.867. The number of carbonyl (C=O) groups excluding carboxylic acids is 1. The lowest BCUT2D eigenvalue weighted by Gasteiger charge is -2.13. The standard InChI is InChI=1S/C15H23ClN2O2/c1-11(2)7-8-18-15(19)10-20-14-6-4-5-13(16)12(14)9-17-3/h4-6,11,17H,7-10H2,1-3H3,(H,18,19). The van der Waals surface area contributed by atoms with Crippen molar-refractivity contribution in [1.82, 2.24) is 10.6 Å². The molecule has 0 unspecified atom stereocenters. The Hall–Kier alpha value is -1.26. The molecule has 1 aromatic carbocycles. The van der Waals surface area contributed by atoms with Crippen LogP contribution < -0.4 is 15.4 Å². The average molecular weight is 299 g/mol. The molecule has 0 radical (unpaired) electrons. The molecule has 2 N–H and O–H groups in total. The van der Waals surface area contributed by atoms with Gasteiger partial charge in [-0.1, -0.05) is 31.5 Å². The van der Waals surface area contributed by atoms with Crippen LogP contribution in [-0.4, -0.2) is 26.1 Å². The number of halogens is 1. The van der Waals surface area contributed by atoms with E-state index in [0.29, 0.717) is 29.8 Å². The first-order chi connectivity index (χ1) is 9.54. The van der Waals surface area contributed by atoms with Gasteiger partial charge in [-0.2, -0.15) is 0 Å². The summed E-state index contributed by atoms with van der Waals surface area (Å²) in [7, 11) is 1.84. The third-order valence-electron chi connectivity index (χ3n) is 2.83. The van der Waals surface area contributed by atoms with Crippen molar-refractivity contribution < 1.29 is 9.53 Å². The minimum absolute atomic E-state index is 0.00908. The summed E-state index contributed by atoms with van der Waals surface area (Å²) in [6.07, 6.45) is 0.966. The van der Waals surface area contributed by atoms with Crippen molar-refractivity contribution in [3.63, 3.8) is 0 Å². The van der Waals surface area contributed by atoms with Gasteiger partial charge >= 0.3 is 0 Å². The highest BCUT2D eigenvalue weighted by Gasteiger charge is 2.09. The van der Waals surface area contributed by atoms with Crippen molar-refractivity contribution in [2.45, 2.75) is 26.8 Å². The van der Waals surface area contributed by atoms with Crippen molar-refractivity contribution in [3.05, 3.63) is 28.8 Å². The molecule has 0 aliphatic carbocycles. The molecule has 0 bridgehead atoms. The molecule has 0 aliphatic rings. The van der Waals surface area contributed by atoms with E-state index in [0.717, 1.165) is 12.0 Å². The lowest BCUT2D eigenvalue weighted by molar-refractivity contribution is -0.123. The molecule has 0 atom stereocenters. The second-order valence-corrected chi connectivity index (χ2v) is 5.48. The van der Waals surface area contributed by atoms with Crippen LogP contribution in [0.5, 0.6) is 5.75 Å². The lowest BCUT2D eigenvalue weighted by atomic mass is 10.1. The maximum atomic E-state index is 11.7. The molecule has 0 aromatic heterocycles. The van der Waals surface area contributed by atoms with Crippen LogP contribution in [0.1, 0.15) is 25.8 Å². The molecular weight excluding hydrogens is 276 g/mol. The van der Waals surface area contributed by atoms with Crippen molar-refractivity contribution in [3.8, 4) is 5.75 Å². The lowest BCUT2D eigenvalue weighted by Crippen LogP contribution is -2.30. The van der Waals surface area contributed by atoms with Gasteiger partial charge in [0, 0.05) is 23.7 Å². The zero-order valence-electron chi connectivity index (χ0n) is 12.3. The Kier molecular flexibility index (Phi) is 7.41. The zero-order chi connectivity index (χ0) is 15.0. The highest BCUT2D eigenvalue weighted by Crippen LogP contribution is 2.26. The number of nitrogens with one attached hydrogen (secondary N) is 2. The molecule has 0 heterocycles. The zero-order valence-corrected chi connectivity index (χ0v) is 13.1. The van der Waals surface area contributed by atoms with Gasteiger partial charge < -0.3 is 15.4 Å². The largest absolute Gasteiger partial charge is 0.483 e. The normalized spacial score (nSPS) is 10.7. The first kappa shape index (κ1) is 16.8. The van der Waals surface area contributed by atoms with E-state index in [-0.39, 0.29) is 12.5 Å². The van der Waals surface area contributed by atoms with Gasteiger partial charge in [0.05, 0.1) is 0 Å². The summed E-state index contributed by atoms with van der Waals surface area (Å²) in [6, 6.07) is 5.44. The third kappa shape index (κ3) is 5.80. The molecular formula is C15H23ClN2O2. The predicted molar refractivity (Wildman–Crippen MR) is 82.2 cm³/mol. The topological polar surface area (TPSA) is 50.4 Å². The highest BCUT2D eigenvalue weighted by atomic mass is 35.5. The second-order valence-electron chi connectivity index (χ2n) is 5.07. The van der Waals surface area contributed by atoms with E-state index >= 15 is 0 Å². The van der Waals surface area contributed by atoms with E-state index in [4.69, 9.17) is 16.3 Å². The number of hydrogen-bond donors (Lipinski definition) is 2. The monoisotopic (exact) mass is 298 g/mol. The summed E-state index contributed by atoms with van der Waals surface area (Å²) in [6.45, 7) is 5.54. The fourth-order valence-electron chi connectivity index (χ4n) is 1.72. The maximum absolute atomic E-state index is 11.7. The number of hydrogen-bond acceptors (Lipinski definition) is 3. The molecule has 1 aromatic rings. The maximum Gasteiger partial charge on any atom is 0.257 e. The number of amides is 1. The highest BCUT2D eigenvalue weighted by molar-refractivity contribution is 6.31. The summed E-state index contributed by atoms with van der Waals surface area (Å²) < 4.78 is 5.55. The van der Waals surface area contributed by atoms with Crippen LogP contribution in [-0.2, 0) is 11.3 Å². The van der Waals surface area contributed by atoms with Crippen molar-refractivity contribution >= 4 is 17.5 Å². The minimum atomic E-state index is -0.110. The van der Waals surface area contributed by atoms with Crippen LogP contribution in [0.2, 0.25) is 5.02 Å². The van der Waals surface area contributed by atoms with E-state index in [1.54, 1.807) is 0 Å². The number of benzene rings is 1. The van der Waals surface area contributed by atoms with Crippen LogP contribution in [0.15, 0.2) is 18.2 Å². The number of carbonyl (C=O) groups is 1. The Morgan fingerprint density at radius 1 is 1.40 bits per heavy atom. The van der Waals surface area contributed by atoms with Crippen LogP contribution in [0, 0.1) is 5.92 Å². The van der Waals surface area contributed by atoms with Crippen LogP contribution in [0.25, 0.3) is 0 Å². The quantitative estimate of drug-likeness (QED) is 0.775. The van der Waals surface area contributed by atoms with Gasteiger partial charge in [-0.05, 0) is 31.5 Å². The van der Waals surface area contributed by atoms with Crippen molar-refractivity contribution in [2.24, 2.45) is 5.92 Å². The molecule has 5 heteroatoms. The predicted octanol–water partition coefficient (Wildman–Crippen LogP) is 2.60. The van der Waals surface area contributed by atoms with Crippen molar-refractivity contribution in [2.75, 3.05) is 20.2 Å². The van der Waals surface area contributed by atoms with Gasteiger partial charge in [-0.15, -0.1) is 0 Å². The number of rotatable bonds is 8. The first-order valence-corrected chi connectivity index (χ1v) is 7.24. The summed E-state index contributed by atoms with van der Waals surface area (Å²) in [5, 5.41) is 6.51. The molecule has 0 fully saturated rings. The summed E-state index contributed by atoms with van der Waals surface area (Å²) in [4.78, 5) is 11.7. The van der Waals surface area contributed by atoms with E-state index in [9.17, 15) is 4.79 Å². The average Bonchev–Trinajstić information content (AvgIpc) is 2.39. The fourth-order valence-corrected chi connectivity index (χ4v) is 1.95. The molecule has 4 nitrogen and oxygen atoms in total. The Morgan fingerprint density at radius 3 is 2.80 bits per heavy atom. The van der Waals surface area contributed by atoms with Gasteiger partial charge in [0.25, 0.3) is 5.91 Å². The van der Waals surface area contributed by atoms with Crippen LogP contribution >= 0.6 is 11.6 Å². The minimum Gasteiger partial charge on any atom is -0.483 e. The first-order valence-electron chi connectivity index (χ1n) is 6.86. The Morgan fingerprint density at radius 2 is 2.15 bits per heavy atom.